The van der Waals surface area contributed by atoms with Gasteiger partial charge in [0.1, 0.15) is 0 Å². The zero-order valence-electron chi connectivity index (χ0n) is 15.7. The van der Waals surface area contributed by atoms with Crippen molar-refractivity contribution in [1.82, 2.24) is 25.0 Å². The van der Waals surface area contributed by atoms with E-state index in [2.05, 4.69) is 15.2 Å². The Morgan fingerprint density at radius 2 is 2.04 bits per heavy atom. The van der Waals surface area contributed by atoms with Crippen LogP contribution in [0.25, 0.3) is 0 Å². The first-order valence-electron chi connectivity index (χ1n) is 9.41. The van der Waals surface area contributed by atoms with Crippen molar-refractivity contribution in [2.45, 2.75) is 31.2 Å². The molecule has 3 rings (SSSR count). The van der Waals surface area contributed by atoms with E-state index in [1.807, 2.05) is 36.0 Å². The van der Waals surface area contributed by atoms with Crippen molar-refractivity contribution in [2.24, 2.45) is 0 Å². The number of nitrogens with one attached hydrogen (secondary N) is 1. The van der Waals surface area contributed by atoms with Crippen LogP contribution >= 0.6 is 0 Å². The van der Waals surface area contributed by atoms with Crippen LogP contribution in [0.5, 0.6) is 0 Å². The molecule has 2 saturated heterocycles. The van der Waals surface area contributed by atoms with Crippen LogP contribution in [0.15, 0.2) is 24.5 Å². The van der Waals surface area contributed by atoms with Gasteiger partial charge < -0.3 is 20.0 Å². The fraction of sp³-hybridized carbons (Fsp3) is 0.632. The fourth-order valence-corrected chi connectivity index (χ4v) is 3.66. The van der Waals surface area contributed by atoms with Gasteiger partial charge in [0.05, 0.1) is 0 Å². The second-order valence-electron chi connectivity index (χ2n) is 7.49. The summed E-state index contributed by atoms with van der Waals surface area (Å²) in [5.74, 6) is 0.656. The number of urea groups is 1. The number of carbonyl (C=O) groups excluding carboxylic acids is 2. The van der Waals surface area contributed by atoms with E-state index in [0.29, 0.717) is 18.9 Å². The summed E-state index contributed by atoms with van der Waals surface area (Å²) in [6, 6.07) is 4.28. The number of amides is 3. The molecule has 1 aromatic rings. The largest absolute Gasteiger partial charge is 0.338 e. The fourth-order valence-electron chi connectivity index (χ4n) is 3.66. The maximum atomic E-state index is 12.3. The molecule has 1 N–H and O–H groups in total. The second kappa shape index (κ2) is 8.49. The molecule has 0 bridgehead atoms. The van der Waals surface area contributed by atoms with Crippen molar-refractivity contribution in [2.75, 3.05) is 46.8 Å². The highest BCUT2D eigenvalue weighted by atomic mass is 16.2. The van der Waals surface area contributed by atoms with Crippen molar-refractivity contribution >= 4 is 11.9 Å². The van der Waals surface area contributed by atoms with E-state index in [0.717, 1.165) is 39.0 Å². The quantitative estimate of drug-likeness (QED) is 0.792. The van der Waals surface area contributed by atoms with Crippen LogP contribution < -0.4 is 5.32 Å². The SMILES string of the molecule is CN(C)CCN1C(=O)CC[C@H]1CCNC(=O)N1CC(c2ccncc2)C1. The average Bonchev–Trinajstić information content (AvgIpc) is 2.92. The van der Waals surface area contributed by atoms with Crippen LogP contribution in [-0.4, -0.2) is 84.5 Å². The monoisotopic (exact) mass is 359 g/mol. The number of hydrogen-bond donors (Lipinski definition) is 1. The molecule has 2 fully saturated rings. The summed E-state index contributed by atoms with van der Waals surface area (Å²) in [6.07, 6.45) is 5.94. The first-order chi connectivity index (χ1) is 12.5. The first kappa shape index (κ1) is 18.6. The van der Waals surface area contributed by atoms with Gasteiger partial charge in [0, 0.05) is 63.5 Å². The van der Waals surface area contributed by atoms with E-state index >= 15 is 0 Å². The lowest BCUT2D eigenvalue weighted by Gasteiger charge is -2.39. The van der Waals surface area contributed by atoms with Gasteiger partial charge >= 0.3 is 6.03 Å². The summed E-state index contributed by atoms with van der Waals surface area (Å²) in [5.41, 5.74) is 1.24. The molecule has 2 aliphatic heterocycles. The maximum Gasteiger partial charge on any atom is 0.317 e. The van der Waals surface area contributed by atoms with Crippen molar-refractivity contribution in [1.29, 1.82) is 0 Å². The summed E-state index contributed by atoms with van der Waals surface area (Å²) in [4.78, 5) is 34.2. The van der Waals surface area contributed by atoms with E-state index in [-0.39, 0.29) is 18.0 Å². The van der Waals surface area contributed by atoms with Gasteiger partial charge in [0.15, 0.2) is 0 Å². The first-order valence-corrected chi connectivity index (χ1v) is 9.41. The standard InChI is InChI=1S/C19H29N5O2/c1-22(2)11-12-24-17(3-4-18(24)25)7-10-21-19(26)23-13-16(14-23)15-5-8-20-9-6-15/h5-6,8-9,16-17H,3-4,7,10-14H2,1-2H3,(H,21,26)/t17-/m0/s1. The minimum Gasteiger partial charge on any atom is -0.338 e. The lowest BCUT2D eigenvalue weighted by molar-refractivity contribution is -0.129. The Bertz CT molecular complexity index is 616. The summed E-state index contributed by atoms with van der Waals surface area (Å²) in [5, 5.41) is 3.01. The molecule has 3 heterocycles. The van der Waals surface area contributed by atoms with Crippen LogP contribution in [0.1, 0.15) is 30.7 Å². The van der Waals surface area contributed by atoms with E-state index in [4.69, 9.17) is 0 Å². The number of nitrogens with zero attached hydrogens (tertiary/aromatic N) is 4. The maximum absolute atomic E-state index is 12.3. The van der Waals surface area contributed by atoms with E-state index in [9.17, 15) is 9.59 Å². The van der Waals surface area contributed by atoms with Crippen LogP contribution in [-0.2, 0) is 4.79 Å². The number of likely N-dealkylation sites (tertiary alicyclic amines) is 2. The predicted octanol–water partition coefficient (Wildman–Crippen LogP) is 1.13. The minimum atomic E-state index is -0.000490. The second-order valence-corrected chi connectivity index (χ2v) is 7.49. The number of pyridine rings is 1. The normalized spacial score (nSPS) is 20.6. The third kappa shape index (κ3) is 4.52. The van der Waals surface area contributed by atoms with Gasteiger partial charge in [-0.05, 0) is 44.6 Å². The predicted molar refractivity (Wildman–Crippen MR) is 99.9 cm³/mol. The number of likely N-dealkylation sites (N-methyl/N-ethyl adjacent to an activating group) is 1. The highest BCUT2D eigenvalue weighted by Crippen LogP contribution is 2.26. The van der Waals surface area contributed by atoms with Crippen LogP contribution in [0, 0.1) is 0 Å². The van der Waals surface area contributed by atoms with Crippen LogP contribution in [0.3, 0.4) is 0 Å². The van der Waals surface area contributed by atoms with Gasteiger partial charge in [0.2, 0.25) is 5.91 Å². The molecule has 0 aromatic carbocycles. The lowest BCUT2D eigenvalue weighted by Crippen LogP contribution is -2.53. The van der Waals surface area contributed by atoms with Crippen LogP contribution in [0.2, 0.25) is 0 Å². The highest BCUT2D eigenvalue weighted by Gasteiger charge is 2.33. The molecular weight excluding hydrogens is 330 g/mol. The molecule has 7 heteroatoms. The van der Waals surface area contributed by atoms with Crippen LogP contribution in [0.4, 0.5) is 4.79 Å². The van der Waals surface area contributed by atoms with Crippen molar-refractivity contribution in [3.8, 4) is 0 Å². The number of hydrogen-bond acceptors (Lipinski definition) is 4. The molecule has 0 radical (unpaired) electrons. The van der Waals surface area contributed by atoms with Crippen molar-refractivity contribution in [3.63, 3.8) is 0 Å². The van der Waals surface area contributed by atoms with Gasteiger partial charge in [-0.1, -0.05) is 0 Å². The summed E-state index contributed by atoms with van der Waals surface area (Å²) in [6.45, 7) is 3.77. The summed E-state index contributed by atoms with van der Waals surface area (Å²) >= 11 is 0. The molecular formula is C19H29N5O2. The Morgan fingerprint density at radius 3 is 2.73 bits per heavy atom. The molecule has 142 valence electrons. The minimum absolute atomic E-state index is 0.000490. The molecule has 0 spiro atoms. The Hall–Kier alpha value is -2.15. The zero-order valence-corrected chi connectivity index (χ0v) is 15.7. The molecule has 1 aromatic heterocycles. The molecule has 7 nitrogen and oxygen atoms in total. The summed E-state index contributed by atoms with van der Waals surface area (Å²) in [7, 11) is 4.03. The topological polar surface area (TPSA) is 68.8 Å². The van der Waals surface area contributed by atoms with Crippen molar-refractivity contribution < 1.29 is 9.59 Å². The molecule has 0 saturated carbocycles. The molecule has 0 aliphatic carbocycles. The molecule has 1 atom stereocenters. The number of rotatable bonds is 7. The van der Waals surface area contributed by atoms with Gasteiger partial charge in [-0.25, -0.2) is 4.79 Å². The number of aromatic nitrogens is 1. The van der Waals surface area contributed by atoms with E-state index in [1.54, 1.807) is 12.4 Å². The zero-order chi connectivity index (χ0) is 18.5. The smallest absolute Gasteiger partial charge is 0.317 e. The number of carbonyl (C=O) groups is 2. The molecule has 2 aliphatic rings. The molecule has 0 unspecified atom stereocenters. The summed E-state index contributed by atoms with van der Waals surface area (Å²) < 4.78 is 0. The molecule has 26 heavy (non-hydrogen) atoms. The highest BCUT2D eigenvalue weighted by molar-refractivity contribution is 5.79. The Labute approximate surface area is 155 Å². The van der Waals surface area contributed by atoms with Gasteiger partial charge in [-0.3, -0.25) is 9.78 Å². The van der Waals surface area contributed by atoms with E-state index in [1.165, 1.54) is 5.56 Å². The van der Waals surface area contributed by atoms with Gasteiger partial charge in [-0.2, -0.15) is 0 Å². The molecule has 3 amide bonds. The Balaban J connectivity index is 1.37. The Morgan fingerprint density at radius 1 is 1.31 bits per heavy atom. The average molecular weight is 359 g/mol. The third-order valence-corrected chi connectivity index (χ3v) is 5.34. The Kier molecular flexibility index (Phi) is 6.08. The lowest BCUT2D eigenvalue weighted by atomic mass is 9.93. The van der Waals surface area contributed by atoms with Gasteiger partial charge in [0.25, 0.3) is 0 Å². The van der Waals surface area contributed by atoms with Gasteiger partial charge in [-0.15, -0.1) is 0 Å². The van der Waals surface area contributed by atoms with Crippen molar-refractivity contribution in [3.05, 3.63) is 30.1 Å². The van der Waals surface area contributed by atoms with E-state index < -0.39 is 0 Å². The third-order valence-electron chi connectivity index (χ3n) is 5.34.